The Morgan fingerprint density at radius 1 is 1.40 bits per heavy atom. The third-order valence-corrected chi connectivity index (χ3v) is 4.20. The van der Waals surface area contributed by atoms with Crippen LogP contribution >= 0.6 is 12.2 Å². The fourth-order valence-electron chi connectivity index (χ4n) is 2.82. The summed E-state index contributed by atoms with van der Waals surface area (Å²) < 4.78 is 0. The average molecular weight is 291 g/mol. The molecule has 1 fully saturated rings. The summed E-state index contributed by atoms with van der Waals surface area (Å²) in [6.45, 7) is 5.60. The lowest BCUT2D eigenvalue weighted by molar-refractivity contribution is 0.525. The zero-order valence-corrected chi connectivity index (χ0v) is 13.3. The van der Waals surface area contributed by atoms with Crippen LogP contribution in [0.2, 0.25) is 0 Å². The van der Waals surface area contributed by atoms with Crippen LogP contribution in [0.5, 0.6) is 0 Å². The van der Waals surface area contributed by atoms with E-state index in [0.29, 0.717) is 16.9 Å². The smallest absolute Gasteiger partial charge is 0.129 e. The Kier molecular flexibility index (Phi) is 5.35. The topological polar surface area (TPSA) is 42.1 Å². The molecule has 0 aliphatic heterocycles. The van der Waals surface area contributed by atoms with Gasteiger partial charge in [0.2, 0.25) is 0 Å². The Labute approximate surface area is 127 Å². The van der Waals surface area contributed by atoms with Crippen LogP contribution in [0.3, 0.4) is 0 Å². The molecule has 3 nitrogen and oxygen atoms in total. The van der Waals surface area contributed by atoms with E-state index in [1.165, 1.54) is 32.1 Å². The van der Waals surface area contributed by atoms with Crippen molar-refractivity contribution in [3.8, 4) is 0 Å². The second-order valence-corrected chi connectivity index (χ2v) is 6.50. The molecule has 0 spiro atoms. The van der Waals surface area contributed by atoms with Crippen molar-refractivity contribution in [3.05, 3.63) is 23.9 Å². The Hall–Kier alpha value is -1.16. The minimum Gasteiger partial charge on any atom is -0.388 e. The van der Waals surface area contributed by atoms with E-state index >= 15 is 0 Å². The van der Waals surface area contributed by atoms with E-state index in [2.05, 4.69) is 29.8 Å². The van der Waals surface area contributed by atoms with Crippen LogP contribution in [0.4, 0.5) is 5.82 Å². The molecule has 20 heavy (non-hydrogen) atoms. The third-order valence-electron chi connectivity index (χ3n) is 3.99. The van der Waals surface area contributed by atoms with Crippen molar-refractivity contribution in [3.63, 3.8) is 0 Å². The maximum absolute atomic E-state index is 5.71. The Balaban J connectivity index is 2.20. The van der Waals surface area contributed by atoms with Gasteiger partial charge in [0.25, 0.3) is 0 Å². The van der Waals surface area contributed by atoms with Gasteiger partial charge in [-0.15, -0.1) is 0 Å². The second kappa shape index (κ2) is 7.02. The first-order chi connectivity index (χ1) is 9.58. The summed E-state index contributed by atoms with van der Waals surface area (Å²) in [6, 6.07) is 6.61. The fraction of sp³-hybridized carbons (Fsp3) is 0.625. The maximum Gasteiger partial charge on any atom is 0.129 e. The Morgan fingerprint density at radius 3 is 2.70 bits per heavy atom. The molecular weight excluding hydrogens is 266 g/mol. The van der Waals surface area contributed by atoms with Crippen LogP contribution in [0.15, 0.2) is 18.2 Å². The van der Waals surface area contributed by atoms with Crippen molar-refractivity contribution in [2.45, 2.75) is 52.0 Å². The summed E-state index contributed by atoms with van der Waals surface area (Å²) in [7, 11) is 0. The number of thiocarbonyl (C=S) groups is 1. The van der Waals surface area contributed by atoms with E-state index in [1.54, 1.807) is 0 Å². The molecule has 0 bridgehead atoms. The standard InChI is InChI=1S/C16H25N3S/c1-12(2)10-11-19(13-6-3-4-7-13)15-9-5-8-14(18-15)16(17)20/h5,8-9,12-13H,3-4,6-7,10-11H2,1-2H3,(H2,17,20). The molecule has 110 valence electrons. The van der Waals surface area contributed by atoms with E-state index in [1.807, 2.05) is 12.1 Å². The van der Waals surface area contributed by atoms with Gasteiger partial charge in [-0.3, -0.25) is 0 Å². The van der Waals surface area contributed by atoms with Gasteiger partial charge in [0, 0.05) is 12.6 Å². The lowest BCUT2D eigenvalue weighted by Gasteiger charge is -2.31. The summed E-state index contributed by atoms with van der Waals surface area (Å²) in [5, 5.41) is 0. The maximum atomic E-state index is 5.71. The Morgan fingerprint density at radius 2 is 2.10 bits per heavy atom. The van der Waals surface area contributed by atoms with E-state index in [4.69, 9.17) is 18.0 Å². The van der Waals surface area contributed by atoms with Gasteiger partial charge in [-0.25, -0.2) is 4.98 Å². The monoisotopic (exact) mass is 291 g/mol. The van der Waals surface area contributed by atoms with Crippen LogP contribution < -0.4 is 10.6 Å². The minimum atomic E-state index is 0.377. The first-order valence-corrected chi connectivity index (χ1v) is 8.02. The molecule has 2 N–H and O–H groups in total. The average Bonchev–Trinajstić information content (AvgIpc) is 2.93. The van der Waals surface area contributed by atoms with Crippen molar-refractivity contribution < 1.29 is 0 Å². The summed E-state index contributed by atoms with van der Waals surface area (Å²) in [6.07, 6.45) is 6.40. The highest BCUT2D eigenvalue weighted by Crippen LogP contribution is 2.28. The molecule has 0 amide bonds. The summed E-state index contributed by atoms with van der Waals surface area (Å²) >= 11 is 5.05. The van der Waals surface area contributed by atoms with Crippen molar-refractivity contribution in [2.24, 2.45) is 11.7 Å². The van der Waals surface area contributed by atoms with Crippen molar-refractivity contribution in [2.75, 3.05) is 11.4 Å². The van der Waals surface area contributed by atoms with Gasteiger partial charge in [0.05, 0.1) is 5.69 Å². The predicted molar refractivity (Wildman–Crippen MR) is 89.2 cm³/mol. The van der Waals surface area contributed by atoms with Gasteiger partial charge in [-0.2, -0.15) is 0 Å². The highest BCUT2D eigenvalue weighted by atomic mass is 32.1. The number of hydrogen-bond donors (Lipinski definition) is 1. The number of pyridine rings is 1. The van der Waals surface area contributed by atoms with Crippen LogP contribution in [0, 0.1) is 5.92 Å². The molecule has 1 aromatic rings. The zero-order chi connectivity index (χ0) is 14.5. The summed E-state index contributed by atoms with van der Waals surface area (Å²) in [5.41, 5.74) is 6.44. The number of hydrogen-bond acceptors (Lipinski definition) is 3. The van der Waals surface area contributed by atoms with E-state index < -0.39 is 0 Å². The second-order valence-electron chi connectivity index (χ2n) is 6.06. The minimum absolute atomic E-state index is 0.377. The van der Waals surface area contributed by atoms with Gasteiger partial charge in [-0.1, -0.05) is 45.0 Å². The molecule has 1 saturated carbocycles. The molecule has 1 aromatic heterocycles. The quantitative estimate of drug-likeness (QED) is 0.814. The van der Waals surface area contributed by atoms with Crippen LogP contribution in [0.1, 0.15) is 51.6 Å². The predicted octanol–water partition coefficient (Wildman–Crippen LogP) is 3.51. The van der Waals surface area contributed by atoms with Crippen LogP contribution in [0.25, 0.3) is 0 Å². The van der Waals surface area contributed by atoms with Crippen molar-refractivity contribution in [1.29, 1.82) is 0 Å². The van der Waals surface area contributed by atoms with E-state index in [9.17, 15) is 0 Å². The number of aromatic nitrogens is 1. The molecule has 0 radical (unpaired) electrons. The molecule has 1 aliphatic carbocycles. The van der Waals surface area contributed by atoms with Gasteiger partial charge < -0.3 is 10.6 Å². The molecule has 1 heterocycles. The van der Waals surface area contributed by atoms with E-state index in [-0.39, 0.29) is 0 Å². The number of anilines is 1. The largest absolute Gasteiger partial charge is 0.388 e. The molecule has 4 heteroatoms. The van der Waals surface area contributed by atoms with Crippen molar-refractivity contribution >= 4 is 23.0 Å². The zero-order valence-electron chi connectivity index (χ0n) is 12.5. The SMILES string of the molecule is CC(C)CCN(c1cccc(C(N)=S)n1)C1CCCC1. The number of rotatable bonds is 6. The van der Waals surface area contributed by atoms with Gasteiger partial charge in [-0.05, 0) is 37.3 Å². The number of nitrogens with zero attached hydrogens (tertiary/aromatic N) is 2. The van der Waals surface area contributed by atoms with Gasteiger partial charge in [0.15, 0.2) is 0 Å². The molecule has 0 saturated heterocycles. The van der Waals surface area contributed by atoms with Crippen molar-refractivity contribution in [1.82, 2.24) is 4.98 Å². The third kappa shape index (κ3) is 3.92. The Bertz CT molecular complexity index is 453. The first-order valence-electron chi connectivity index (χ1n) is 7.61. The molecule has 0 unspecified atom stereocenters. The summed E-state index contributed by atoms with van der Waals surface area (Å²) in [5.74, 6) is 1.74. The molecule has 2 rings (SSSR count). The highest BCUT2D eigenvalue weighted by molar-refractivity contribution is 7.80. The molecule has 1 aliphatic rings. The molecule has 0 atom stereocenters. The normalized spacial score (nSPS) is 15.8. The van der Waals surface area contributed by atoms with Gasteiger partial charge in [0.1, 0.15) is 10.8 Å². The first kappa shape index (κ1) is 15.2. The highest BCUT2D eigenvalue weighted by Gasteiger charge is 2.23. The lowest BCUT2D eigenvalue weighted by Crippen LogP contribution is -2.35. The number of nitrogens with two attached hydrogens (primary N) is 1. The van der Waals surface area contributed by atoms with Crippen LogP contribution in [-0.2, 0) is 0 Å². The summed E-state index contributed by atoms with van der Waals surface area (Å²) in [4.78, 5) is 7.50. The fourth-order valence-corrected chi connectivity index (χ4v) is 2.93. The lowest BCUT2D eigenvalue weighted by atomic mass is 10.1. The molecular formula is C16H25N3S. The van der Waals surface area contributed by atoms with Crippen LogP contribution in [-0.4, -0.2) is 22.6 Å². The van der Waals surface area contributed by atoms with Gasteiger partial charge >= 0.3 is 0 Å². The molecule has 0 aromatic carbocycles. The van der Waals surface area contributed by atoms with E-state index in [0.717, 1.165) is 18.1 Å².